The Morgan fingerprint density at radius 2 is 2.20 bits per heavy atom. The van der Waals surface area contributed by atoms with E-state index in [2.05, 4.69) is 29.1 Å². The number of esters is 1. The Labute approximate surface area is 119 Å². The van der Waals surface area contributed by atoms with E-state index in [4.69, 9.17) is 9.47 Å². The van der Waals surface area contributed by atoms with Crippen LogP contribution in [0.5, 0.6) is 6.01 Å². The van der Waals surface area contributed by atoms with E-state index in [1.165, 1.54) is 6.20 Å². The summed E-state index contributed by atoms with van der Waals surface area (Å²) in [5, 5.41) is 3.30. The summed E-state index contributed by atoms with van der Waals surface area (Å²) in [6, 6.07) is 0.762. The minimum Gasteiger partial charge on any atom is -0.463 e. The largest absolute Gasteiger partial charge is 0.463 e. The zero-order valence-corrected chi connectivity index (χ0v) is 12.6. The van der Waals surface area contributed by atoms with Crippen LogP contribution in [0.3, 0.4) is 0 Å². The summed E-state index contributed by atoms with van der Waals surface area (Å²) in [6.07, 6.45) is 2.32. The zero-order valence-electron chi connectivity index (χ0n) is 12.6. The minimum absolute atomic E-state index is 0.292. The third-order valence-electron chi connectivity index (χ3n) is 2.56. The smallest absolute Gasteiger partial charge is 0.341 e. The molecule has 0 aromatic carbocycles. The number of rotatable bonds is 8. The number of aromatic nitrogens is 2. The van der Waals surface area contributed by atoms with Gasteiger partial charge in [-0.15, -0.1) is 0 Å². The van der Waals surface area contributed by atoms with Crippen LogP contribution in [0.1, 0.15) is 43.2 Å². The molecule has 0 saturated carbocycles. The number of carbonyl (C=O) groups excluding carboxylic acids is 1. The fourth-order valence-corrected chi connectivity index (χ4v) is 1.55. The van der Waals surface area contributed by atoms with E-state index in [0.717, 1.165) is 13.0 Å². The molecule has 20 heavy (non-hydrogen) atoms. The Morgan fingerprint density at radius 3 is 2.80 bits per heavy atom. The first-order chi connectivity index (χ1) is 9.54. The monoisotopic (exact) mass is 281 g/mol. The molecule has 112 valence electrons. The van der Waals surface area contributed by atoms with Gasteiger partial charge in [-0.2, -0.15) is 4.98 Å². The predicted molar refractivity (Wildman–Crippen MR) is 76.0 cm³/mol. The number of ether oxygens (including phenoxy) is 2. The van der Waals surface area contributed by atoms with Crippen molar-refractivity contribution in [1.82, 2.24) is 15.3 Å². The summed E-state index contributed by atoms with van der Waals surface area (Å²) in [6.45, 7) is 9.45. The predicted octanol–water partition coefficient (Wildman–Crippen LogP) is 1.73. The molecule has 1 aromatic heterocycles. The molecule has 0 fully saturated rings. The lowest BCUT2D eigenvalue weighted by molar-refractivity contribution is 0.0524. The maximum atomic E-state index is 11.6. The zero-order chi connectivity index (χ0) is 15.0. The molecule has 0 amide bonds. The Morgan fingerprint density at radius 1 is 1.45 bits per heavy atom. The van der Waals surface area contributed by atoms with Gasteiger partial charge >= 0.3 is 12.0 Å². The number of nitrogens with zero attached hydrogens (tertiary/aromatic N) is 2. The highest BCUT2D eigenvalue weighted by molar-refractivity contribution is 5.90. The summed E-state index contributed by atoms with van der Waals surface area (Å²) in [5.41, 5.74) is 0.939. The maximum absolute atomic E-state index is 11.6. The molecule has 1 heterocycles. The first-order valence-corrected chi connectivity index (χ1v) is 6.91. The molecule has 6 heteroatoms. The Balaban J connectivity index is 2.45. The first kappa shape index (κ1) is 16.4. The van der Waals surface area contributed by atoms with Gasteiger partial charge in [-0.25, -0.2) is 9.78 Å². The average Bonchev–Trinajstić information content (AvgIpc) is 2.38. The molecule has 0 aliphatic rings. The highest BCUT2D eigenvalue weighted by atomic mass is 16.5. The van der Waals surface area contributed by atoms with Gasteiger partial charge in [-0.3, -0.25) is 0 Å². The second-order valence-corrected chi connectivity index (χ2v) is 4.68. The molecule has 1 rings (SSSR count). The maximum Gasteiger partial charge on any atom is 0.341 e. The fourth-order valence-electron chi connectivity index (χ4n) is 1.55. The third kappa shape index (κ3) is 5.52. The van der Waals surface area contributed by atoms with Crippen molar-refractivity contribution >= 4 is 5.97 Å². The van der Waals surface area contributed by atoms with Crippen molar-refractivity contribution in [1.29, 1.82) is 0 Å². The van der Waals surface area contributed by atoms with Crippen LogP contribution in [0.2, 0.25) is 0 Å². The topological polar surface area (TPSA) is 73.3 Å². The Kier molecular flexibility index (Phi) is 6.93. The van der Waals surface area contributed by atoms with E-state index in [9.17, 15) is 4.79 Å². The lowest BCUT2D eigenvalue weighted by Crippen LogP contribution is -2.25. The van der Waals surface area contributed by atoms with Gasteiger partial charge in [0, 0.05) is 12.2 Å². The van der Waals surface area contributed by atoms with Crippen LogP contribution in [0.25, 0.3) is 0 Å². The van der Waals surface area contributed by atoms with E-state index >= 15 is 0 Å². The summed E-state index contributed by atoms with van der Waals surface area (Å²) in [5.74, 6) is -0.405. The number of hydrogen-bond acceptors (Lipinski definition) is 6. The van der Waals surface area contributed by atoms with E-state index in [1.54, 1.807) is 13.8 Å². The molecule has 0 aliphatic carbocycles. The van der Waals surface area contributed by atoms with Crippen LogP contribution in [0, 0.1) is 6.92 Å². The standard InChI is InChI=1S/C14H23N3O3/c1-5-19-13(18)12-9-16-14(17-11(12)4)20-8-6-7-15-10(2)3/h9-10,15H,5-8H2,1-4H3. The van der Waals surface area contributed by atoms with Crippen molar-refractivity contribution < 1.29 is 14.3 Å². The highest BCUT2D eigenvalue weighted by Gasteiger charge is 2.12. The van der Waals surface area contributed by atoms with Crippen molar-refractivity contribution in [2.24, 2.45) is 0 Å². The van der Waals surface area contributed by atoms with Crippen LogP contribution in [0.15, 0.2) is 6.20 Å². The second kappa shape index (κ2) is 8.47. The van der Waals surface area contributed by atoms with Crippen molar-refractivity contribution in [3.63, 3.8) is 0 Å². The molecule has 0 atom stereocenters. The quantitative estimate of drug-likeness (QED) is 0.578. The highest BCUT2D eigenvalue weighted by Crippen LogP contribution is 2.10. The van der Waals surface area contributed by atoms with Gasteiger partial charge in [-0.1, -0.05) is 13.8 Å². The first-order valence-electron chi connectivity index (χ1n) is 6.91. The van der Waals surface area contributed by atoms with E-state index in [-0.39, 0.29) is 0 Å². The second-order valence-electron chi connectivity index (χ2n) is 4.68. The number of hydrogen-bond donors (Lipinski definition) is 1. The SMILES string of the molecule is CCOC(=O)c1cnc(OCCCNC(C)C)nc1C. The van der Waals surface area contributed by atoms with Gasteiger partial charge in [0.25, 0.3) is 0 Å². The Bertz CT molecular complexity index is 436. The van der Waals surface area contributed by atoms with Crippen molar-refractivity contribution in [2.45, 2.75) is 40.2 Å². The lowest BCUT2D eigenvalue weighted by Gasteiger charge is -2.09. The molecule has 0 spiro atoms. The summed E-state index contributed by atoms with van der Waals surface area (Å²) < 4.78 is 10.4. The lowest BCUT2D eigenvalue weighted by atomic mass is 10.2. The van der Waals surface area contributed by atoms with Crippen LogP contribution < -0.4 is 10.1 Å². The summed E-state index contributed by atoms with van der Waals surface area (Å²) in [4.78, 5) is 19.8. The van der Waals surface area contributed by atoms with Crippen LogP contribution in [-0.2, 0) is 4.74 Å². The molecule has 0 saturated heterocycles. The molecule has 0 aliphatic heterocycles. The molecular formula is C14H23N3O3. The third-order valence-corrected chi connectivity index (χ3v) is 2.56. The van der Waals surface area contributed by atoms with Gasteiger partial charge < -0.3 is 14.8 Å². The van der Waals surface area contributed by atoms with E-state index in [0.29, 0.717) is 36.5 Å². The van der Waals surface area contributed by atoms with Crippen molar-refractivity contribution in [3.8, 4) is 6.01 Å². The number of aryl methyl sites for hydroxylation is 1. The molecular weight excluding hydrogens is 258 g/mol. The normalized spacial score (nSPS) is 10.7. The van der Waals surface area contributed by atoms with E-state index in [1.807, 2.05) is 0 Å². The summed E-state index contributed by atoms with van der Waals surface area (Å²) in [7, 11) is 0. The number of nitrogens with one attached hydrogen (secondary N) is 1. The fraction of sp³-hybridized carbons (Fsp3) is 0.643. The van der Waals surface area contributed by atoms with Gasteiger partial charge in [0.15, 0.2) is 0 Å². The van der Waals surface area contributed by atoms with Crippen LogP contribution >= 0.6 is 0 Å². The molecule has 0 bridgehead atoms. The van der Waals surface area contributed by atoms with Gasteiger partial charge in [-0.05, 0) is 26.8 Å². The molecule has 1 aromatic rings. The molecule has 0 radical (unpaired) electrons. The van der Waals surface area contributed by atoms with Gasteiger partial charge in [0.1, 0.15) is 0 Å². The molecule has 6 nitrogen and oxygen atoms in total. The summed E-state index contributed by atoms with van der Waals surface area (Å²) >= 11 is 0. The number of carbonyl (C=O) groups is 1. The molecule has 0 unspecified atom stereocenters. The average molecular weight is 281 g/mol. The van der Waals surface area contributed by atoms with E-state index < -0.39 is 5.97 Å². The van der Waals surface area contributed by atoms with Gasteiger partial charge in [0.2, 0.25) is 0 Å². The van der Waals surface area contributed by atoms with Crippen molar-refractivity contribution in [2.75, 3.05) is 19.8 Å². The minimum atomic E-state index is -0.405. The van der Waals surface area contributed by atoms with Crippen LogP contribution in [0.4, 0.5) is 0 Å². The molecule has 1 N–H and O–H groups in total. The van der Waals surface area contributed by atoms with Gasteiger partial charge in [0.05, 0.1) is 24.5 Å². The van der Waals surface area contributed by atoms with Crippen molar-refractivity contribution in [3.05, 3.63) is 17.5 Å². The van der Waals surface area contributed by atoms with Crippen LogP contribution in [-0.4, -0.2) is 41.7 Å². The Hall–Kier alpha value is -1.69.